The van der Waals surface area contributed by atoms with E-state index in [1.165, 1.54) is 18.1 Å². The molecular weight excluding hydrogens is 996 g/mol. The van der Waals surface area contributed by atoms with E-state index in [1.54, 1.807) is 65.9 Å². The minimum atomic E-state index is -4.82. The van der Waals surface area contributed by atoms with Crippen molar-refractivity contribution in [3.8, 4) is 39.1 Å². The van der Waals surface area contributed by atoms with Crippen molar-refractivity contribution < 1.29 is 51.7 Å². The molecule has 5 aromatic rings. The molecular formula is C54H58F3N7O8S2. The summed E-state index contributed by atoms with van der Waals surface area (Å²) in [6.45, 7) is 11.1. The molecule has 3 heterocycles. The second-order valence-electron chi connectivity index (χ2n) is 19.6. The Balaban J connectivity index is 0.867. The van der Waals surface area contributed by atoms with Crippen LogP contribution in [0.5, 0.6) is 11.5 Å². The zero-order valence-corrected chi connectivity index (χ0v) is 43.7. The van der Waals surface area contributed by atoms with E-state index in [0.29, 0.717) is 36.6 Å². The number of nitrogens with zero attached hydrogens (tertiary/aromatic N) is 5. The number of halogens is 3. The summed E-state index contributed by atoms with van der Waals surface area (Å²) in [5, 5.41) is 25.6. The number of hydrogen-bond acceptors (Lipinski definition) is 12. The van der Waals surface area contributed by atoms with Crippen LogP contribution in [0.4, 0.5) is 24.5 Å². The van der Waals surface area contributed by atoms with Crippen molar-refractivity contribution in [2.75, 3.05) is 43.3 Å². The van der Waals surface area contributed by atoms with Gasteiger partial charge in [0.15, 0.2) is 5.11 Å². The van der Waals surface area contributed by atoms with Crippen LogP contribution in [0.25, 0.3) is 21.6 Å². The highest BCUT2D eigenvalue weighted by Crippen LogP contribution is 2.41. The van der Waals surface area contributed by atoms with Crippen molar-refractivity contribution in [2.45, 2.75) is 97.3 Å². The maximum absolute atomic E-state index is 14.0. The number of methoxy groups -OCH3 is 1. The zero-order valence-electron chi connectivity index (χ0n) is 42.0. The number of unbranched alkanes of at least 4 members (excludes halogenated alkanes) is 1. The normalized spacial score (nSPS) is 17.0. The third-order valence-electron chi connectivity index (χ3n) is 12.9. The summed E-state index contributed by atoms with van der Waals surface area (Å²) in [6.07, 6.45) is -4.48. The maximum Gasteiger partial charge on any atom is 0.417 e. The molecule has 2 aliphatic heterocycles. The molecule has 2 aliphatic rings. The van der Waals surface area contributed by atoms with Gasteiger partial charge in [-0.25, -0.2) is 4.98 Å². The van der Waals surface area contributed by atoms with Crippen LogP contribution in [-0.4, -0.2) is 101 Å². The van der Waals surface area contributed by atoms with Crippen LogP contribution >= 0.6 is 23.6 Å². The van der Waals surface area contributed by atoms with Crippen LogP contribution in [-0.2, 0) is 36.6 Å². The monoisotopic (exact) mass is 1050 g/mol. The number of aryl methyl sites for hydroxylation is 1. The first kappa shape index (κ1) is 54.8. The fourth-order valence-electron chi connectivity index (χ4n) is 8.89. The number of carbonyl (C=O) groups excluding carboxylic acids is 4. The Hall–Kier alpha value is -6.92. The topological polar surface area (TPSA) is 187 Å². The van der Waals surface area contributed by atoms with Crippen molar-refractivity contribution in [1.82, 2.24) is 20.5 Å². The number of anilines is 2. The molecule has 15 nitrogen and oxygen atoms in total. The fraction of sp³-hybridized carbons (Fsp3) is 0.389. The van der Waals surface area contributed by atoms with Gasteiger partial charge in [-0.2, -0.15) is 18.4 Å². The number of thiocarbonyl (C=S) groups is 1. The molecule has 1 unspecified atom stereocenters. The van der Waals surface area contributed by atoms with E-state index < -0.39 is 70.1 Å². The molecule has 0 radical (unpaired) electrons. The number of aliphatic hydroxyl groups is 1. The molecule has 4 amide bonds. The van der Waals surface area contributed by atoms with Crippen molar-refractivity contribution in [3.05, 3.63) is 113 Å². The van der Waals surface area contributed by atoms with E-state index >= 15 is 0 Å². The molecule has 1 aromatic heterocycles. The maximum atomic E-state index is 14.0. The van der Waals surface area contributed by atoms with Gasteiger partial charge < -0.3 is 39.8 Å². The lowest BCUT2D eigenvalue weighted by molar-refractivity contribution is -0.144. The molecule has 3 atom stereocenters. The van der Waals surface area contributed by atoms with Gasteiger partial charge in [-0.3, -0.25) is 24.1 Å². The van der Waals surface area contributed by atoms with E-state index in [2.05, 4.69) is 15.6 Å². The number of nitrogens with one attached hydrogen (secondary N) is 2. The predicted molar refractivity (Wildman–Crippen MR) is 278 cm³/mol. The zero-order chi connectivity index (χ0) is 53.7. The second kappa shape index (κ2) is 22.7. The highest BCUT2D eigenvalue weighted by molar-refractivity contribution is 7.81. The highest BCUT2D eigenvalue weighted by Gasteiger charge is 2.51. The van der Waals surface area contributed by atoms with Gasteiger partial charge in [0, 0.05) is 43.4 Å². The second-order valence-corrected chi connectivity index (χ2v) is 20.8. The number of benzene rings is 4. The lowest BCUT2D eigenvalue weighted by Gasteiger charge is -2.35. The number of thiazole rings is 1. The van der Waals surface area contributed by atoms with Gasteiger partial charge in [0.05, 0.1) is 58.8 Å². The third-order valence-corrected chi connectivity index (χ3v) is 14.2. The molecule has 7 rings (SSSR count). The van der Waals surface area contributed by atoms with Gasteiger partial charge >= 0.3 is 6.18 Å². The highest BCUT2D eigenvalue weighted by atomic mass is 32.1. The molecule has 390 valence electrons. The lowest BCUT2D eigenvalue weighted by atomic mass is 9.85. The van der Waals surface area contributed by atoms with Crippen LogP contribution in [0.3, 0.4) is 0 Å². The van der Waals surface area contributed by atoms with E-state index in [4.69, 9.17) is 26.4 Å². The number of amides is 4. The van der Waals surface area contributed by atoms with Gasteiger partial charge in [-0.15, -0.1) is 11.3 Å². The standard InChI is InChI=1S/C54H58F3N7O8S2/c1-32-46(74-31-60-32)35-12-10-33(11-13-35)28-59-48(67)43-25-39(65)29-62(43)49(68)47(52(2,3)4)61-45(66)30-71-22-8-9-23-72-40-20-21-41(44(26-40)70-7)34-14-17-37(18-15-34)64-51(73)63(50(69)53(64,5)6)38-19-16-36(27-58)42(24-38)54(55,56)57/h10-21,24,26,31,39,43,47,65H,8-9,22-23,25,28-30H2,1-7H3,(H,59,67)(H,61,66)/t39-,43+,47?/m1/s1. The summed E-state index contributed by atoms with van der Waals surface area (Å²) in [4.78, 5) is 63.7. The first-order valence-corrected chi connectivity index (χ1v) is 25.2. The van der Waals surface area contributed by atoms with Crippen molar-refractivity contribution in [1.29, 1.82) is 5.26 Å². The van der Waals surface area contributed by atoms with Gasteiger partial charge in [0.2, 0.25) is 17.7 Å². The van der Waals surface area contributed by atoms with Crippen molar-refractivity contribution >= 4 is 63.7 Å². The van der Waals surface area contributed by atoms with Crippen molar-refractivity contribution in [2.24, 2.45) is 5.41 Å². The number of likely N-dealkylation sites (tertiary alicyclic amines) is 1. The van der Waals surface area contributed by atoms with E-state index in [0.717, 1.165) is 49.9 Å². The summed E-state index contributed by atoms with van der Waals surface area (Å²) in [6, 6.07) is 23.0. The molecule has 0 bridgehead atoms. The third kappa shape index (κ3) is 12.2. The first-order valence-electron chi connectivity index (χ1n) is 23.9. The van der Waals surface area contributed by atoms with E-state index in [-0.39, 0.29) is 43.5 Å². The Morgan fingerprint density at radius 3 is 2.28 bits per heavy atom. The van der Waals surface area contributed by atoms with Crippen LogP contribution in [0.2, 0.25) is 0 Å². The van der Waals surface area contributed by atoms with Gasteiger partial charge in [-0.1, -0.05) is 57.2 Å². The number of hydrogen-bond donors (Lipinski definition) is 3. The smallest absolute Gasteiger partial charge is 0.417 e. The van der Waals surface area contributed by atoms with E-state index in [9.17, 15) is 42.7 Å². The Morgan fingerprint density at radius 2 is 1.65 bits per heavy atom. The minimum Gasteiger partial charge on any atom is -0.496 e. The fourth-order valence-corrected chi connectivity index (χ4v) is 10.2. The largest absolute Gasteiger partial charge is 0.496 e. The van der Waals surface area contributed by atoms with E-state index in [1.807, 2.05) is 70.2 Å². The number of aliphatic hydroxyl groups excluding tert-OH is 1. The lowest BCUT2D eigenvalue weighted by Crippen LogP contribution is -2.58. The predicted octanol–water partition coefficient (Wildman–Crippen LogP) is 8.59. The van der Waals surface area contributed by atoms with Gasteiger partial charge in [0.25, 0.3) is 5.91 Å². The molecule has 74 heavy (non-hydrogen) atoms. The minimum absolute atomic E-state index is 0.0178. The quantitative estimate of drug-likeness (QED) is 0.0562. The number of carbonyl (C=O) groups is 4. The Morgan fingerprint density at radius 1 is 0.973 bits per heavy atom. The average Bonchev–Trinajstić information content (AvgIpc) is 4.03. The van der Waals surface area contributed by atoms with Gasteiger partial charge in [0.1, 0.15) is 35.7 Å². The molecule has 20 heteroatoms. The molecule has 0 saturated carbocycles. The summed E-state index contributed by atoms with van der Waals surface area (Å²) in [7, 11) is 1.53. The summed E-state index contributed by atoms with van der Waals surface area (Å²) in [5.41, 5.74) is 2.88. The van der Waals surface area contributed by atoms with Crippen LogP contribution < -0.4 is 29.9 Å². The van der Waals surface area contributed by atoms with Crippen molar-refractivity contribution in [3.63, 3.8) is 0 Å². The SMILES string of the molecule is COc1cc(OCCCCOCC(=O)NC(C(=O)N2C[C@H](O)C[C@H]2C(=O)NCc2ccc(-c3scnc3C)cc2)C(C)(C)C)ccc1-c1ccc(N2C(=S)N(c3ccc(C#N)c(C(F)(F)F)c3)C(=O)C2(C)C)cc1. The Bertz CT molecular complexity index is 2930. The summed E-state index contributed by atoms with van der Waals surface area (Å²) < 4.78 is 58.8. The number of ether oxygens (including phenoxy) is 3. The van der Waals surface area contributed by atoms with Crippen LogP contribution in [0.1, 0.15) is 76.3 Å². The first-order chi connectivity index (χ1) is 35.0. The van der Waals surface area contributed by atoms with Gasteiger partial charge in [-0.05, 0) is 110 Å². The molecule has 2 fully saturated rings. The molecule has 0 spiro atoms. The molecule has 4 aromatic carbocycles. The Kier molecular flexibility index (Phi) is 16.8. The molecule has 0 aliphatic carbocycles. The number of alkyl halides is 3. The summed E-state index contributed by atoms with van der Waals surface area (Å²) in [5.74, 6) is -0.814. The van der Waals surface area contributed by atoms with Crippen LogP contribution in [0.15, 0.2) is 90.4 Å². The Labute approximate surface area is 437 Å². The number of aromatic nitrogens is 1. The number of β-amino-alcohol motifs (C(OH)–C–C–N with tert-alkyl or cyclic N) is 1. The average molecular weight is 1050 g/mol. The summed E-state index contributed by atoms with van der Waals surface area (Å²) >= 11 is 7.25. The molecule has 3 N–H and O–H groups in total. The number of rotatable bonds is 18. The number of nitriles is 1. The van der Waals surface area contributed by atoms with Crippen LogP contribution in [0, 0.1) is 23.7 Å². The molecule has 2 saturated heterocycles.